The molecule has 22 heavy (non-hydrogen) atoms. The predicted octanol–water partition coefficient (Wildman–Crippen LogP) is 3.96. The van der Waals surface area contributed by atoms with Gasteiger partial charge in [-0.1, -0.05) is 24.3 Å². The highest BCUT2D eigenvalue weighted by molar-refractivity contribution is 6.07. The normalized spacial score (nSPS) is 18.3. The Labute approximate surface area is 136 Å². The molecule has 1 aromatic carbocycles. The summed E-state index contributed by atoms with van der Waals surface area (Å²) in [6, 6.07) is 8.07. The number of aliphatic imine (C=N–C) groups is 1. The van der Waals surface area contributed by atoms with E-state index in [2.05, 4.69) is 47.5 Å². The first-order valence-corrected chi connectivity index (χ1v) is 7.13. The molecule has 0 atom stereocenters. The van der Waals surface area contributed by atoms with Crippen molar-refractivity contribution in [1.82, 2.24) is 4.90 Å². The van der Waals surface area contributed by atoms with Gasteiger partial charge in [0.05, 0.1) is 24.2 Å². The van der Waals surface area contributed by atoms with Crippen LogP contribution in [-0.2, 0) is 0 Å². The number of benzene rings is 1. The molecular formula is C18H17ClN2O. The monoisotopic (exact) mass is 312 g/mol. The van der Waals surface area contributed by atoms with Crippen molar-refractivity contribution in [2.24, 2.45) is 4.99 Å². The molecule has 2 heterocycles. The zero-order chi connectivity index (χ0) is 14.2. The van der Waals surface area contributed by atoms with Crippen LogP contribution in [0.5, 0.6) is 5.75 Å². The predicted molar refractivity (Wildman–Crippen MR) is 92.3 cm³/mol. The van der Waals surface area contributed by atoms with E-state index in [9.17, 15) is 0 Å². The van der Waals surface area contributed by atoms with Gasteiger partial charge in [-0.05, 0) is 29.8 Å². The standard InChI is InChI=1S/C18H16N2O.ClH/c1-21-15-9-7-13(8-10-15)17-12-20-11-3-5-14-4-2-6-16(19-17)18(14)20;/h2-5,7-10,12H,6,11H2,1H3;1H. The maximum Gasteiger partial charge on any atom is 0.118 e. The molecule has 0 spiro atoms. The van der Waals surface area contributed by atoms with Gasteiger partial charge in [0.25, 0.3) is 0 Å². The molecule has 0 unspecified atom stereocenters. The number of ether oxygens (including phenoxy) is 1. The Morgan fingerprint density at radius 2 is 1.86 bits per heavy atom. The maximum atomic E-state index is 5.22. The molecule has 0 N–H and O–H groups in total. The molecule has 0 amide bonds. The Hall–Kier alpha value is -2.26. The van der Waals surface area contributed by atoms with Crippen LogP contribution in [0.25, 0.3) is 5.70 Å². The average Bonchev–Trinajstić information content (AvgIpc) is 2.55. The molecule has 0 bridgehead atoms. The van der Waals surface area contributed by atoms with Gasteiger partial charge in [-0.3, -0.25) is 0 Å². The minimum atomic E-state index is 0. The quantitative estimate of drug-likeness (QED) is 0.826. The number of allylic oxidation sites excluding steroid dienone is 5. The SMILES string of the molecule is COc1ccc(C2=CN3CC=CC4=C3C(=N2)CC=C4)cc1.Cl. The largest absolute Gasteiger partial charge is 0.497 e. The van der Waals surface area contributed by atoms with Gasteiger partial charge in [0, 0.05) is 24.7 Å². The zero-order valence-electron chi connectivity index (χ0n) is 12.3. The lowest BCUT2D eigenvalue weighted by Crippen LogP contribution is -2.30. The van der Waals surface area contributed by atoms with Crippen LogP contribution in [0.2, 0.25) is 0 Å². The summed E-state index contributed by atoms with van der Waals surface area (Å²) in [5.74, 6) is 0.868. The van der Waals surface area contributed by atoms with Crippen LogP contribution < -0.4 is 4.74 Å². The third kappa shape index (κ3) is 2.38. The molecule has 0 radical (unpaired) electrons. The molecule has 112 valence electrons. The Balaban J connectivity index is 0.00000144. The highest BCUT2D eigenvalue weighted by atomic mass is 35.5. The minimum absolute atomic E-state index is 0. The summed E-state index contributed by atoms with van der Waals surface area (Å²) >= 11 is 0. The minimum Gasteiger partial charge on any atom is -0.497 e. The number of hydrogen-bond acceptors (Lipinski definition) is 3. The summed E-state index contributed by atoms with van der Waals surface area (Å²) in [5.41, 5.74) is 5.81. The zero-order valence-corrected chi connectivity index (χ0v) is 13.1. The van der Waals surface area contributed by atoms with Crippen molar-refractivity contribution in [3.63, 3.8) is 0 Å². The van der Waals surface area contributed by atoms with Crippen LogP contribution >= 0.6 is 12.4 Å². The molecule has 3 aliphatic rings. The van der Waals surface area contributed by atoms with Crippen LogP contribution in [0, 0.1) is 0 Å². The first-order chi connectivity index (χ1) is 10.3. The van der Waals surface area contributed by atoms with Gasteiger partial charge < -0.3 is 9.64 Å². The lowest BCUT2D eigenvalue weighted by atomic mass is 9.95. The van der Waals surface area contributed by atoms with E-state index in [0.717, 1.165) is 35.7 Å². The van der Waals surface area contributed by atoms with E-state index >= 15 is 0 Å². The van der Waals surface area contributed by atoms with E-state index in [1.807, 2.05) is 12.1 Å². The first-order valence-electron chi connectivity index (χ1n) is 7.13. The number of rotatable bonds is 2. The summed E-state index contributed by atoms with van der Waals surface area (Å²) in [5, 5.41) is 0. The molecule has 4 rings (SSSR count). The highest BCUT2D eigenvalue weighted by Gasteiger charge is 2.25. The third-order valence-corrected chi connectivity index (χ3v) is 3.96. The fourth-order valence-corrected chi connectivity index (χ4v) is 2.93. The molecule has 0 saturated heterocycles. The van der Waals surface area contributed by atoms with Crippen LogP contribution in [0.3, 0.4) is 0 Å². The topological polar surface area (TPSA) is 24.8 Å². The number of hydrogen-bond donors (Lipinski definition) is 0. The van der Waals surface area contributed by atoms with Gasteiger partial charge in [0.2, 0.25) is 0 Å². The lowest BCUT2D eigenvalue weighted by Gasteiger charge is -2.33. The second-order valence-corrected chi connectivity index (χ2v) is 5.27. The van der Waals surface area contributed by atoms with Crippen molar-refractivity contribution in [2.45, 2.75) is 6.42 Å². The van der Waals surface area contributed by atoms with Crippen molar-refractivity contribution >= 4 is 23.8 Å². The molecular weight excluding hydrogens is 296 g/mol. The van der Waals surface area contributed by atoms with Crippen molar-refractivity contribution in [2.75, 3.05) is 13.7 Å². The van der Waals surface area contributed by atoms with E-state index in [-0.39, 0.29) is 12.4 Å². The van der Waals surface area contributed by atoms with Crippen LogP contribution in [0.1, 0.15) is 12.0 Å². The van der Waals surface area contributed by atoms with Crippen molar-refractivity contribution in [3.8, 4) is 5.75 Å². The molecule has 0 fully saturated rings. The maximum absolute atomic E-state index is 5.22. The first kappa shape index (κ1) is 14.7. The van der Waals surface area contributed by atoms with E-state index in [1.54, 1.807) is 7.11 Å². The molecule has 1 aliphatic carbocycles. The summed E-state index contributed by atoms with van der Waals surface area (Å²) in [6.45, 7) is 0.908. The summed E-state index contributed by atoms with van der Waals surface area (Å²) in [7, 11) is 1.68. The third-order valence-electron chi connectivity index (χ3n) is 3.96. The smallest absolute Gasteiger partial charge is 0.118 e. The van der Waals surface area contributed by atoms with Gasteiger partial charge in [-0.15, -0.1) is 12.4 Å². The average molecular weight is 313 g/mol. The molecule has 1 aromatic rings. The fraction of sp³-hybridized carbons (Fsp3) is 0.167. The van der Waals surface area contributed by atoms with Crippen LogP contribution in [0.15, 0.2) is 71.0 Å². The van der Waals surface area contributed by atoms with Gasteiger partial charge in [0.1, 0.15) is 5.75 Å². The van der Waals surface area contributed by atoms with Crippen molar-refractivity contribution in [3.05, 3.63) is 71.6 Å². The molecule has 4 heteroatoms. The molecule has 2 aliphatic heterocycles. The molecule has 0 aromatic heterocycles. The van der Waals surface area contributed by atoms with Crippen molar-refractivity contribution in [1.29, 1.82) is 0 Å². The fourth-order valence-electron chi connectivity index (χ4n) is 2.93. The van der Waals surface area contributed by atoms with E-state index in [1.165, 1.54) is 11.3 Å². The summed E-state index contributed by atoms with van der Waals surface area (Å²) < 4.78 is 5.22. The van der Waals surface area contributed by atoms with Gasteiger partial charge in [0.15, 0.2) is 0 Å². The van der Waals surface area contributed by atoms with Gasteiger partial charge >= 0.3 is 0 Å². The Morgan fingerprint density at radius 1 is 1.09 bits per heavy atom. The summed E-state index contributed by atoms with van der Waals surface area (Å²) in [4.78, 5) is 7.16. The Morgan fingerprint density at radius 3 is 2.64 bits per heavy atom. The number of halogens is 1. The lowest BCUT2D eigenvalue weighted by molar-refractivity contribution is 0.415. The molecule has 3 nitrogen and oxygen atoms in total. The summed E-state index contributed by atoms with van der Waals surface area (Å²) in [6.07, 6.45) is 11.8. The van der Waals surface area contributed by atoms with E-state index in [4.69, 9.17) is 9.73 Å². The van der Waals surface area contributed by atoms with Crippen molar-refractivity contribution < 1.29 is 4.74 Å². The van der Waals surface area contributed by atoms with Gasteiger partial charge in [-0.25, -0.2) is 4.99 Å². The Kier molecular flexibility index (Phi) is 3.90. The highest BCUT2D eigenvalue weighted by Crippen LogP contribution is 2.33. The van der Waals surface area contributed by atoms with E-state index < -0.39 is 0 Å². The second-order valence-electron chi connectivity index (χ2n) is 5.27. The number of nitrogens with zero attached hydrogens (tertiary/aromatic N) is 2. The van der Waals surface area contributed by atoms with E-state index in [0.29, 0.717) is 0 Å². The second kappa shape index (κ2) is 5.85. The van der Waals surface area contributed by atoms with Crippen LogP contribution in [-0.4, -0.2) is 24.3 Å². The number of methoxy groups -OCH3 is 1. The Bertz CT molecular complexity index is 735. The van der Waals surface area contributed by atoms with Crippen LogP contribution in [0.4, 0.5) is 0 Å². The molecule has 0 saturated carbocycles. The van der Waals surface area contributed by atoms with Gasteiger partial charge in [-0.2, -0.15) is 0 Å².